The molecule has 0 aliphatic carbocycles. The van der Waals surface area contributed by atoms with E-state index in [1.165, 1.54) is 0 Å². The van der Waals surface area contributed by atoms with Crippen molar-refractivity contribution >= 4 is 11.8 Å². The van der Waals surface area contributed by atoms with Crippen molar-refractivity contribution in [2.45, 2.75) is 38.3 Å². The Hall–Kier alpha value is -1.61. The zero-order valence-corrected chi connectivity index (χ0v) is 9.81. The molecule has 0 unspecified atom stereocenters. The van der Waals surface area contributed by atoms with E-state index in [0.29, 0.717) is 13.0 Å². The van der Waals surface area contributed by atoms with Gasteiger partial charge in [0.2, 0.25) is 11.8 Å². The van der Waals surface area contributed by atoms with Gasteiger partial charge in [-0.25, -0.2) is 0 Å². The number of primary amides is 1. The maximum Gasteiger partial charge on any atom is 0.249 e. The van der Waals surface area contributed by atoms with Crippen LogP contribution in [0.1, 0.15) is 26.2 Å². The van der Waals surface area contributed by atoms with E-state index in [2.05, 4.69) is 5.32 Å². The number of hydrogen-bond donors (Lipinski definition) is 2. The summed E-state index contributed by atoms with van der Waals surface area (Å²) in [5.74, 6) is -1.29. The van der Waals surface area contributed by atoms with Crippen molar-refractivity contribution in [3.63, 3.8) is 0 Å². The minimum atomic E-state index is -0.804. The Morgan fingerprint density at radius 2 is 2.35 bits per heavy atom. The molecule has 0 saturated carbocycles. The molecule has 1 heterocycles. The second-order valence-electron chi connectivity index (χ2n) is 4.23. The third kappa shape index (κ3) is 4.04. The second kappa shape index (κ2) is 6.21. The third-order valence-electron chi connectivity index (χ3n) is 2.69. The molecule has 0 spiro atoms. The van der Waals surface area contributed by atoms with Gasteiger partial charge in [-0.3, -0.25) is 9.59 Å². The van der Waals surface area contributed by atoms with Crippen molar-refractivity contribution in [1.29, 1.82) is 5.26 Å². The first-order valence-electron chi connectivity index (χ1n) is 5.65. The molecule has 1 rings (SSSR count). The zero-order valence-electron chi connectivity index (χ0n) is 9.81. The van der Waals surface area contributed by atoms with E-state index >= 15 is 0 Å². The van der Waals surface area contributed by atoms with E-state index in [4.69, 9.17) is 15.7 Å². The predicted octanol–water partition coefficient (Wildman–Crippen LogP) is -0.315. The number of ether oxygens (including phenoxy) is 1. The highest BCUT2D eigenvalue weighted by atomic mass is 16.5. The average Bonchev–Trinajstić information content (AvgIpc) is 2.81. The minimum Gasteiger partial charge on any atom is -0.368 e. The summed E-state index contributed by atoms with van der Waals surface area (Å²) in [4.78, 5) is 22.9. The van der Waals surface area contributed by atoms with Crippen LogP contribution in [0.3, 0.4) is 0 Å². The monoisotopic (exact) mass is 239 g/mol. The number of carbonyl (C=O) groups excluding carboxylic acids is 2. The molecular formula is C11H17N3O3. The van der Waals surface area contributed by atoms with Gasteiger partial charge in [0.1, 0.15) is 12.1 Å². The lowest BCUT2D eigenvalue weighted by atomic mass is 10.0. The highest BCUT2D eigenvalue weighted by Crippen LogP contribution is 2.13. The van der Waals surface area contributed by atoms with E-state index in [9.17, 15) is 9.59 Å². The highest BCUT2D eigenvalue weighted by Gasteiger charge is 2.28. The van der Waals surface area contributed by atoms with E-state index < -0.39 is 18.1 Å². The Balaban J connectivity index is 2.51. The summed E-state index contributed by atoms with van der Waals surface area (Å²) in [7, 11) is 0. The summed E-state index contributed by atoms with van der Waals surface area (Å²) in [5.41, 5.74) is 5.18. The van der Waals surface area contributed by atoms with Gasteiger partial charge in [-0.1, -0.05) is 0 Å². The molecule has 0 radical (unpaired) electrons. The van der Waals surface area contributed by atoms with Gasteiger partial charge in [0.05, 0.1) is 6.07 Å². The van der Waals surface area contributed by atoms with Gasteiger partial charge in [0.25, 0.3) is 0 Å². The molecule has 6 heteroatoms. The summed E-state index contributed by atoms with van der Waals surface area (Å²) in [6.07, 6.45) is 1.23. The zero-order chi connectivity index (χ0) is 12.8. The number of nitrogens with two attached hydrogens (primary N) is 1. The first kappa shape index (κ1) is 13.5. The minimum absolute atomic E-state index is 0.226. The summed E-state index contributed by atoms with van der Waals surface area (Å²) < 4.78 is 5.20. The highest BCUT2D eigenvalue weighted by molar-refractivity contribution is 5.88. The van der Waals surface area contributed by atoms with Crippen LogP contribution in [-0.2, 0) is 14.3 Å². The van der Waals surface area contributed by atoms with Crippen molar-refractivity contribution in [3.8, 4) is 6.07 Å². The fraction of sp³-hybridized carbons (Fsp3) is 0.727. The van der Waals surface area contributed by atoms with Crippen LogP contribution in [0.5, 0.6) is 0 Å². The van der Waals surface area contributed by atoms with Crippen LogP contribution in [0, 0.1) is 17.2 Å². The molecule has 3 N–H and O–H groups in total. The van der Waals surface area contributed by atoms with Crippen LogP contribution < -0.4 is 11.1 Å². The van der Waals surface area contributed by atoms with Crippen molar-refractivity contribution in [1.82, 2.24) is 5.32 Å². The summed E-state index contributed by atoms with van der Waals surface area (Å²) >= 11 is 0. The normalized spacial score (nSPS) is 22.5. The molecule has 94 valence electrons. The number of nitriles is 1. The third-order valence-corrected chi connectivity index (χ3v) is 2.69. The lowest BCUT2D eigenvalue weighted by Crippen LogP contribution is -2.48. The molecule has 0 aromatic heterocycles. The predicted molar refractivity (Wildman–Crippen MR) is 59.5 cm³/mol. The number of rotatable bonds is 5. The molecule has 3 atom stereocenters. The van der Waals surface area contributed by atoms with Crippen molar-refractivity contribution < 1.29 is 14.3 Å². The molecule has 1 saturated heterocycles. The summed E-state index contributed by atoms with van der Waals surface area (Å²) in [6.45, 7) is 2.24. The number of hydrogen-bond acceptors (Lipinski definition) is 4. The Kier molecular flexibility index (Phi) is 4.91. The van der Waals surface area contributed by atoms with Gasteiger partial charge < -0.3 is 15.8 Å². The molecule has 1 fully saturated rings. The molecule has 1 aliphatic rings. The SMILES string of the molecule is C[C@H](C#N)C[C@H](NC(=O)[C@@H]1CCCO1)C(N)=O. The maximum absolute atomic E-state index is 11.7. The van der Waals surface area contributed by atoms with Crippen LogP contribution >= 0.6 is 0 Å². The lowest BCUT2D eigenvalue weighted by molar-refractivity contribution is -0.134. The van der Waals surface area contributed by atoms with Gasteiger partial charge >= 0.3 is 0 Å². The Labute approximate surface area is 100 Å². The molecule has 2 amide bonds. The molecule has 0 aromatic rings. The van der Waals surface area contributed by atoms with Gasteiger partial charge in [0.15, 0.2) is 0 Å². The lowest BCUT2D eigenvalue weighted by Gasteiger charge is -2.18. The van der Waals surface area contributed by atoms with Crippen LogP contribution in [0.25, 0.3) is 0 Å². The first-order chi connectivity index (χ1) is 8.04. The maximum atomic E-state index is 11.7. The fourth-order valence-electron chi connectivity index (χ4n) is 1.70. The Morgan fingerprint density at radius 1 is 1.65 bits per heavy atom. The van der Waals surface area contributed by atoms with Gasteiger partial charge in [0, 0.05) is 12.5 Å². The number of nitrogens with one attached hydrogen (secondary N) is 1. The summed E-state index contributed by atoms with van der Waals surface area (Å²) in [6, 6.07) is 1.20. The van der Waals surface area contributed by atoms with E-state index in [0.717, 1.165) is 6.42 Å². The molecule has 0 bridgehead atoms. The number of amides is 2. The standard InChI is InChI=1S/C11H17N3O3/c1-7(6-12)5-8(10(13)15)14-11(16)9-3-2-4-17-9/h7-9H,2-5H2,1H3,(H2,13,15)(H,14,16)/t7-,8-,9-/m0/s1. The van der Waals surface area contributed by atoms with Crippen LogP contribution in [-0.4, -0.2) is 30.6 Å². The average molecular weight is 239 g/mol. The van der Waals surface area contributed by atoms with Crippen molar-refractivity contribution in [2.24, 2.45) is 11.7 Å². The Bertz CT molecular complexity index is 331. The summed E-state index contributed by atoms with van der Waals surface area (Å²) in [5, 5.41) is 11.2. The van der Waals surface area contributed by atoms with Crippen LogP contribution in [0.2, 0.25) is 0 Å². The van der Waals surface area contributed by atoms with E-state index in [1.807, 2.05) is 6.07 Å². The molecule has 17 heavy (non-hydrogen) atoms. The van der Waals surface area contributed by atoms with E-state index in [-0.39, 0.29) is 18.2 Å². The van der Waals surface area contributed by atoms with Gasteiger partial charge in [-0.05, 0) is 26.2 Å². The molecule has 6 nitrogen and oxygen atoms in total. The fourth-order valence-corrected chi connectivity index (χ4v) is 1.70. The van der Waals surface area contributed by atoms with Gasteiger partial charge in [-0.2, -0.15) is 5.26 Å². The second-order valence-corrected chi connectivity index (χ2v) is 4.23. The van der Waals surface area contributed by atoms with Crippen molar-refractivity contribution in [3.05, 3.63) is 0 Å². The Morgan fingerprint density at radius 3 is 2.82 bits per heavy atom. The largest absolute Gasteiger partial charge is 0.368 e. The van der Waals surface area contributed by atoms with Crippen molar-refractivity contribution in [2.75, 3.05) is 6.61 Å². The smallest absolute Gasteiger partial charge is 0.249 e. The first-order valence-corrected chi connectivity index (χ1v) is 5.65. The molecule has 1 aliphatic heterocycles. The number of carbonyl (C=O) groups is 2. The van der Waals surface area contributed by atoms with Crippen LogP contribution in [0.4, 0.5) is 0 Å². The topological polar surface area (TPSA) is 105 Å². The van der Waals surface area contributed by atoms with Gasteiger partial charge in [-0.15, -0.1) is 0 Å². The van der Waals surface area contributed by atoms with E-state index in [1.54, 1.807) is 6.92 Å². The van der Waals surface area contributed by atoms with Crippen LogP contribution in [0.15, 0.2) is 0 Å². The molecule has 0 aromatic carbocycles. The quantitative estimate of drug-likeness (QED) is 0.686. The molecular weight excluding hydrogens is 222 g/mol. The number of nitrogens with zero attached hydrogens (tertiary/aromatic N) is 1.